The number of hydrogen-bond donors (Lipinski definition) is 2. The number of benzene rings is 1. The SMILES string of the molecule is C=CC(=O)NCC(=O)NC1CCCSc2ccc(Br)cc21. The van der Waals surface area contributed by atoms with E-state index in [-0.39, 0.29) is 24.4 Å². The second-order valence-electron chi connectivity index (χ2n) is 4.71. The number of fused-ring (bicyclic) bond motifs is 1. The first-order valence-electron chi connectivity index (χ1n) is 6.72. The summed E-state index contributed by atoms with van der Waals surface area (Å²) in [7, 11) is 0. The van der Waals surface area contributed by atoms with E-state index in [4.69, 9.17) is 0 Å². The van der Waals surface area contributed by atoms with Crippen LogP contribution < -0.4 is 10.6 Å². The van der Waals surface area contributed by atoms with Crippen LogP contribution in [0.25, 0.3) is 0 Å². The molecule has 112 valence electrons. The number of hydrogen-bond acceptors (Lipinski definition) is 3. The molecule has 2 amide bonds. The molecule has 0 saturated carbocycles. The third-order valence-corrected chi connectivity index (χ3v) is 4.85. The Morgan fingerprint density at radius 1 is 1.48 bits per heavy atom. The van der Waals surface area contributed by atoms with Gasteiger partial charge in [0.1, 0.15) is 0 Å². The maximum absolute atomic E-state index is 12.0. The summed E-state index contributed by atoms with van der Waals surface area (Å²) in [4.78, 5) is 24.3. The molecule has 2 N–H and O–H groups in total. The highest BCUT2D eigenvalue weighted by Gasteiger charge is 2.21. The predicted octanol–water partition coefficient (Wildman–Crippen LogP) is 2.79. The van der Waals surface area contributed by atoms with Crippen molar-refractivity contribution in [1.82, 2.24) is 10.6 Å². The van der Waals surface area contributed by atoms with Crippen molar-refractivity contribution in [2.24, 2.45) is 0 Å². The van der Waals surface area contributed by atoms with E-state index in [0.29, 0.717) is 0 Å². The number of amides is 2. The minimum atomic E-state index is -0.343. The largest absolute Gasteiger partial charge is 0.348 e. The van der Waals surface area contributed by atoms with Gasteiger partial charge in [-0.3, -0.25) is 9.59 Å². The molecule has 1 aliphatic heterocycles. The average molecular weight is 369 g/mol. The molecular formula is C15H17BrN2O2S. The molecule has 6 heteroatoms. The summed E-state index contributed by atoms with van der Waals surface area (Å²) >= 11 is 5.29. The van der Waals surface area contributed by atoms with Crippen molar-refractivity contribution in [2.45, 2.75) is 23.8 Å². The summed E-state index contributed by atoms with van der Waals surface area (Å²) in [6.07, 6.45) is 3.10. The maximum Gasteiger partial charge on any atom is 0.243 e. The van der Waals surface area contributed by atoms with Crippen LogP contribution in [0.1, 0.15) is 24.4 Å². The molecule has 21 heavy (non-hydrogen) atoms. The fourth-order valence-electron chi connectivity index (χ4n) is 2.18. The highest BCUT2D eigenvalue weighted by molar-refractivity contribution is 9.10. The van der Waals surface area contributed by atoms with Gasteiger partial charge in [-0.05, 0) is 48.4 Å². The Balaban J connectivity index is 2.06. The first-order valence-corrected chi connectivity index (χ1v) is 8.50. The van der Waals surface area contributed by atoms with Gasteiger partial charge in [-0.15, -0.1) is 11.8 Å². The zero-order chi connectivity index (χ0) is 15.2. The molecule has 2 rings (SSSR count). The van der Waals surface area contributed by atoms with Crippen molar-refractivity contribution in [3.8, 4) is 0 Å². The third-order valence-electron chi connectivity index (χ3n) is 3.19. The zero-order valence-corrected chi connectivity index (χ0v) is 13.9. The van der Waals surface area contributed by atoms with E-state index in [1.54, 1.807) is 0 Å². The molecule has 0 fully saturated rings. The van der Waals surface area contributed by atoms with Gasteiger partial charge in [0.25, 0.3) is 0 Å². The van der Waals surface area contributed by atoms with Gasteiger partial charge >= 0.3 is 0 Å². The van der Waals surface area contributed by atoms with Crippen LogP contribution in [-0.4, -0.2) is 24.1 Å². The molecular weight excluding hydrogens is 352 g/mol. The highest BCUT2D eigenvalue weighted by Crippen LogP contribution is 2.36. The number of rotatable bonds is 4. The normalized spacial score (nSPS) is 17.3. The van der Waals surface area contributed by atoms with Crippen LogP contribution in [0.4, 0.5) is 0 Å². The van der Waals surface area contributed by atoms with Gasteiger partial charge < -0.3 is 10.6 Å². The molecule has 1 heterocycles. The molecule has 0 saturated heterocycles. The molecule has 1 aromatic rings. The van der Waals surface area contributed by atoms with Crippen LogP contribution in [-0.2, 0) is 9.59 Å². The van der Waals surface area contributed by atoms with E-state index >= 15 is 0 Å². The Labute approximate surface area is 136 Å². The fourth-order valence-corrected chi connectivity index (χ4v) is 3.62. The molecule has 1 unspecified atom stereocenters. The van der Waals surface area contributed by atoms with Gasteiger partial charge in [0, 0.05) is 9.37 Å². The van der Waals surface area contributed by atoms with Crippen molar-refractivity contribution in [3.05, 3.63) is 40.9 Å². The lowest BCUT2D eigenvalue weighted by atomic mass is 10.0. The first kappa shape index (κ1) is 16.1. The van der Waals surface area contributed by atoms with Gasteiger partial charge in [0.05, 0.1) is 12.6 Å². The summed E-state index contributed by atoms with van der Waals surface area (Å²) in [5.41, 5.74) is 1.13. The summed E-state index contributed by atoms with van der Waals surface area (Å²) in [6.45, 7) is 3.32. The minimum Gasteiger partial charge on any atom is -0.348 e. The quantitative estimate of drug-likeness (QED) is 0.803. The Bertz CT molecular complexity index is 563. The van der Waals surface area contributed by atoms with Crippen molar-refractivity contribution in [3.63, 3.8) is 0 Å². The molecule has 4 nitrogen and oxygen atoms in total. The van der Waals surface area contributed by atoms with Crippen LogP contribution in [0.5, 0.6) is 0 Å². The lowest BCUT2D eigenvalue weighted by molar-refractivity contribution is -0.124. The zero-order valence-electron chi connectivity index (χ0n) is 11.5. The Kier molecular flexibility index (Phi) is 5.87. The minimum absolute atomic E-state index is 0.0133. The summed E-state index contributed by atoms with van der Waals surface area (Å²) < 4.78 is 1.00. The number of carbonyl (C=O) groups excluding carboxylic acids is 2. The second kappa shape index (κ2) is 7.66. The first-order chi connectivity index (χ1) is 10.1. The van der Waals surface area contributed by atoms with E-state index in [1.165, 1.54) is 4.90 Å². The van der Waals surface area contributed by atoms with Crippen molar-refractivity contribution < 1.29 is 9.59 Å². The van der Waals surface area contributed by atoms with E-state index in [2.05, 4.69) is 45.3 Å². The Hall–Kier alpha value is -1.27. The molecule has 1 aliphatic rings. The molecule has 1 atom stereocenters. The second-order valence-corrected chi connectivity index (χ2v) is 6.77. The number of nitrogens with one attached hydrogen (secondary N) is 2. The monoisotopic (exact) mass is 368 g/mol. The Morgan fingerprint density at radius 2 is 2.29 bits per heavy atom. The molecule has 1 aromatic carbocycles. The molecule has 0 aromatic heterocycles. The van der Waals surface area contributed by atoms with Gasteiger partial charge in [-0.2, -0.15) is 0 Å². The van der Waals surface area contributed by atoms with Gasteiger partial charge in [-0.1, -0.05) is 22.5 Å². The van der Waals surface area contributed by atoms with E-state index < -0.39 is 0 Å². The maximum atomic E-state index is 12.0. The standard InChI is InChI=1S/C15H17BrN2O2S/c1-2-14(19)17-9-15(20)18-12-4-3-7-21-13-6-5-10(16)8-11(12)13/h2,5-6,8,12H,1,3-4,7,9H2,(H,17,19)(H,18,20). The van der Waals surface area contributed by atoms with E-state index in [1.807, 2.05) is 17.8 Å². The number of halogens is 1. The summed E-state index contributed by atoms with van der Waals surface area (Å²) in [5.74, 6) is 0.520. The fraction of sp³-hybridized carbons (Fsp3) is 0.333. The van der Waals surface area contributed by atoms with Crippen molar-refractivity contribution in [2.75, 3.05) is 12.3 Å². The predicted molar refractivity (Wildman–Crippen MR) is 88.2 cm³/mol. The van der Waals surface area contributed by atoms with Crippen molar-refractivity contribution >= 4 is 39.5 Å². The topological polar surface area (TPSA) is 58.2 Å². The van der Waals surface area contributed by atoms with E-state index in [0.717, 1.165) is 34.7 Å². The number of carbonyl (C=O) groups is 2. The van der Waals surface area contributed by atoms with E-state index in [9.17, 15) is 9.59 Å². The van der Waals surface area contributed by atoms with Crippen LogP contribution in [0, 0.1) is 0 Å². The van der Waals surface area contributed by atoms with Gasteiger partial charge in [0.2, 0.25) is 11.8 Å². The summed E-state index contributed by atoms with van der Waals surface area (Å²) in [5, 5.41) is 5.49. The van der Waals surface area contributed by atoms with Crippen LogP contribution >= 0.6 is 27.7 Å². The third kappa shape index (κ3) is 4.61. The lowest BCUT2D eigenvalue weighted by Gasteiger charge is -2.19. The molecule has 0 radical (unpaired) electrons. The Morgan fingerprint density at radius 3 is 3.05 bits per heavy atom. The molecule has 0 bridgehead atoms. The van der Waals surface area contributed by atoms with Gasteiger partial charge in [-0.25, -0.2) is 0 Å². The number of thioether (sulfide) groups is 1. The van der Waals surface area contributed by atoms with Crippen LogP contribution in [0.15, 0.2) is 40.2 Å². The van der Waals surface area contributed by atoms with Gasteiger partial charge in [0.15, 0.2) is 0 Å². The molecule has 0 spiro atoms. The van der Waals surface area contributed by atoms with Crippen molar-refractivity contribution in [1.29, 1.82) is 0 Å². The molecule has 0 aliphatic carbocycles. The average Bonchev–Trinajstić information content (AvgIpc) is 2.67. The van der Waals surface area contributed by atoms with Crippen LogP contribution in [0.2, 0.25) is 0 Å². The highest BCUT2D eigenvalue weighted by atomic mass is 79.9. The lowest BCUT2D eigenvalue weighted by Crippen LogP contribution is -2.38. The summed E-state index contributed by atoms with van der Waals surface area (Å²) in [6, 6.07) is 6.13. The smallest absolute Gasteiger partial charge is 0.243 e. The van der Waals surface area contributed by atoms with Crippen LogP contribution in [0.3, 0.4) is 0 Å².